The number of carbonyl (C=O) groups is 1. The SMILES string of the molecule is O=C(CCl)O[C@H]1C=C[C@H]2[C@@H]1[C@H]1C=C[C@H]2C1. The zero-order chi connectivity index (χ0) is 10.4. The molecule has 0 aromatic carbocycles. The first-order valence-corrected chi connectivity index (χ1v) is 5.95. The van der Waals surface area contributed by atoms with Crippen molar-refractivity contribution < 1.29 is 9.53 Å². The topological polar surface area (TPSA) is 26.3 Å². The second-order valence-electron chi connectivity index (χ2n) is 4.58. The number of alkyl halides is 1. The van der Waals surface area contributed by atoms with E-state index in [2.05, 4.69) is 18.2 Å². The third-order valence-electron chi connectivity index (χ3n) is 3.86. The molecule has 1 saturated carbocycles. The largest absolute Gasteiger partial charge is 0.457 e. The van der Waals surface area contributed by atoms with Crippen molar-refractivity contribution in [3.05, 3.63) is 24.3 Å². The highest BCUT2D eigenvalue weighted by atomic mass is 35.5. The van der Waals surface area contributed by atoms with Gasteiger partial charge in [0.25, 0.3) is 0 Å². The molecule has 0 aliphatic heterocycles. The van der Waals surface area contributed by atoms with Gasteiger partial charge in [-0.05, 0) is 30.3 Å². The number of hydrogen-bond acceptors (Lipinski definition) is 2. The van der Waals surface area contributed by atoms with Gasteiger partial charge in [0.15, 0.2) is 0 Å². The van der Waals surface area contributed by atoms with E-state index in [1.165, 1.54) is 6.42 Å². The minimum atomic E-state index is -0.307. The molecule has 0 spiro atoms. The van der Waals surface area contributed by atoms with Crippen LogP contribution < -0.4 is 0 Å². The van der Waals surface area contributed by atoms with Crippen LogP contribution in [0.15, 0.2) is 24.3 Å². The van der Waals surface area contributed by atoms with Crippen molar-refractivity contribution in [2.24, 2.45) is 23.7 Å². The van der Waals surface area contributed by atoms with E-state index in [1.807, 2.05) is 6.08 Å². The van der Waals surface area contributed by atoms with Crippen LogP contribution in [0.1, 0.15) is 6.42 Å². The number of rotatable bonds is 2. The molecular weight excluding hydrogens is 212 g/mol. The Hall–Kier alpha value is -0.760. The minimum absolute atomic E-state index is 0.0406. The van der Waals surface area contributed by atoms with Gasteiger partial charge in [-0.15, -0.1) is 11.6 Å². The Morgan fingerprint density at radius 1 is 1.27 bits per heavy atom. The van der Waals surface area contributed by atoms with Crippen molar-refractivity contribution in [2.75, 3.05) is 5.88 Å². The lowest BCUT2D eigenvalue weighted by Crippen LogP contribution is -2.29. The zero-order valence-corrected chi connectivity index (χ0v) is 9.06. The Morgan fingerprint density at radius 3 is 2.87 bits per heavy atom. The molecule has 0 saturated heterocycles. The Bertz CT molecular complexity index is 348. The molecule has 3 heteroatoms. The van der Waals surface area contributed by atoms with Gasteiger partial charge >= 0.3 is 5.97 Å². The van der Waals surface area contributed by atoms with Crippen molar-refractivity contribution in [2.45, 2.75) is 12.5 Å². The predicted molar refractivity (Wildman–Crippen MR) is 57.5 cm³/mol. The molecule has 0 unspecified atom stereocenters. The third kappa shape index (κ3) is 1.35. The van der Waals surface area contributed by atoms with Crippen LogP contribution in [0.2, 0.25) is 0 Å². The number of halogens is 1. The van der Waals surface area contributed by atoms with E-state index in [0.29, 0.717) is 23.7 Å². The Morgan fingerprint density at radius 2 is 2.07 bits per heavy atom. The molecule has 1 fully saturated rings. The molecule has 0 aromatic rings. The summed E-state index contributed by atoms with van der Waals surface area (Å²) in [6.45, 7) is 0. The van der Waals surface area contributed by atoms with Crippen molar-refractivity contribution >= 4 is 17.6 Å². The van der Waals surface area contributed by atoms with Crippen LogP contribution in [0.5, 0.6) is 0 Å². The quantitative estimate of drug-likeness (QED) is 0.408. The molecule has 3 aliphatic rings. The standard InChI is InChI=1S/C12H13ClO2/c13-6-11(14)15-10-4-3-9-7-1-2-8(5-7)12(9)10/h1-4,7-10,12H,5-6H2/t7-,8-,9+,10-,12-/m0/s1. The van der Waals surface area contributed by atoms with E-state index in [-0.39, 0.29) is 18.0 Å². The maximum absolute atomic E-state index is 11.2. The highest BCUT2D eigenvalue weighted by molar-refractivity contribution is 6.26. The summed E-state index contributed by atoms with van der Waals surface area (Å²) in [5, 5.41) is 0. The van der Waals surface area contributed by atoms with Gasteiger partial charge in [-0.2, -0.15) is 0 Å². The van der Waals surface area contributed by atoms with Gasteiger partial charge in [0.1, 0.15) is 12.0 Å². The van der Waals surface area contributed by atoms with Crippen molar-refractivity contribution in [3.63, 3.8) is 0 Å². The van der Waals surface area contributed by atoms with Crippen LogP contribution in [0.3, 0.4) is 0 Å². The number of fused-ring (bicyclic) bond motifs is 5. The summed E-state index contributed by atoms with van der Waals surface area (Å²) in [7, 11) is 0. The summed E-state index contributed by atoms with van der Waals surface area (Å²) in [5.74, 6) is 1.99. The fraction of sp³-hybridized carbons (Fsp3) is 0.583. The first kappa shape index (κ1) is 9.46. The van der Waals surface area contributed by atoms with Gasteiger partial charge in [0, 0.05) is 5.92 Å². The average Bonchev–Trinajstić information content (AvgIpc) is 2.89. The van der Waals surface area contributed by atoms with E-state index >= 15 is 0 Å². The second kappa shape index (κ2) is 3.38. The molecule has 5 atom stereocenters. The fourth-order valence-electron chi connectivity index (χ4n) is 3.30. The van der Waals surface area contributed by atoms with E-state index < -0.39 is 0 Å². The van der Waals surface area contributed by atoms with E-state index in [1.54, 1.807) is 0 Å². The number of hydrogen-bond donors (Lipinski definition) is 0. The molecule has 2 nitrogen and oxygen atoms in total. The van der Waals surface area contributed by atoms with Gasteiger partial charge in [0.2, 0.25) is 0 Å². The second-order valence-corrected chi connectivity index (χ2v) is 4.84. The first-order chi connectivity index (χ1) is 7.29. The molecule has 0 amide bonds. The molecule has 3 rings (SSSR count). The Balaban J connectivity index is 1.75. The zero-order valence-electron chi connectivity index (χ0n) is 8.30. The van der Waals surface area contributed by atoms with Crippen LogP contribution in [0.4, 0.5) is 0 Å². The number of ether oxygens (including phenoxy) is 1. The lowest BCUT2D eigenvalue weighted by Gasteiger charge is -2.25. The number of esters is 1. The fourth-order valence-corrected chi connectivity index (χ4v) is 3.36. The molecular formula is C12H13ClO2. The summed E-state index contributed by atoms with van der Waals surface area (Å²) in [6, 6.07) is 0. The molecule has 80 valence electrons. The predicted octanol–water partition coefficient (Wildman–Crippen LogP) is 2.15. The first-order valence-electron chi connectivity index (χ1n) is 5.41. The third-order valence-corrected chi connectivity index (χ3v) is 4.08. The summed E-state index contributed by atoms with van der Waals surface area (Å²) in [4.78, 5) is 11.2. The number of allylic oxidation sites excluding steroid dienone is 3. The van der Waals surface area contributed by atoms with Crippen LogP contribution >= 0.6 is 11.6 Å². The van der Waals surface area contributed by atoms with Crippen molar-refractivity contribution in [1.29, 1.82) is 0 Å². The van der Waals surface area contributed by atoms with Gasteiger partial charge in [-0.1, -0.05) is 18.2 Å². The maximum atomic E-state index is 11.2. The summed E-state index contributed by atoms with van der Waals surface area (Å²) < 4.78 is 5.34. The molecule has 3 aliphatic carbocycles. The van der Waals surface area contributed by atoms with Crippen LogP contribution in [-0.2, 0) is 9.53 Å². The van der Waals surface area contributed by atoms with Crippen LogP contribution in [0, 0.1) is 23.7 Å². The highest BCUT2D eigenvalue weighted by Crippen LogP contribution is 2.53. The smallest absolute Gasteiger partial charge is 0.321 e. The molecule has 0 aromatic heterocycles. The Labute approximate surface area is 93.9 Å². The Kier molecular flexibility index (Phi) is 2.13. The van der Waals surface area contributed by atoms with E-state index in [4.69, 9.17) is 16.3 Å². The maximum Gasteiger partial charge on any atom is 0.321 e. The lowest BCUT2D eigenvalue weighted by atomic mass is 9.84. The van der Waals surface area contributed by atoms with Gasteiger partial charge < -0.3 is 4.74 Å². The van der Waals surface area contributed by atoms with E-state index in [0.717, 1.165) is 0 Å². The normalized spacial score (nSPS) is 44.7. The number of carbonyl (C=O) groups excluding carboxylic acids is 1. The average molecular weight is 225 g/mol. The molecule has 0 N–H and O–H groups in total. The monoisotopic (exact) mass is 224 g/mol. The molecule has 2 bridgehead atoms. The van der Waals surface area contributed by atoms with Crippen molar-refractivity contribution in [1.82, 2.24) is 0 Å². The highest BCUT2D eigenvalue weighted by Gasteiger charge is 2.49. The summed E-state index contributed by atoms with van der Waals surface area (Å²) >= 11 is 5.44. The summed E-state index contributed by atoms with van der Waals surface area (Å²) in [6.07, 6.45) is 10.0. The van der Waals surface area contributed by atoms with E-state index in [9.17, 15) is 4.79 Å². The minimum Gasteiger partial charge on any atom is -0.457 e. The molecule has 15 heavy (non-hydrogen) atoms. The van der Waals surface area contributed by atoms with Crippen molar-refractivity contribution in [3.8, 4) is 0 Å². The van der Waals surface area contributed by atoms with Crippen LogP contribution in [0.25, 0.3) is 0 Å². The summed E-state index contributed by atoms with van der Waals surface area (Å²) in [5.41, 5.74) is 0. The lowest BCUT2D eigenvalue weighted by molar-refractivity contribution is -0.146. The van der Waals surface area contributed by atoms with Gasteiger partial charge in [-0.25, -0.2) is 0 Å². The molecule has 0 heterocycles. The van der Waals surface area contributed by atoms with Crippen LogP contribution in [-0.4, -0.2) is 18.0 Å². The molecule has 0 radical (unpaired) electrons. The van der Waals surface area contributed by atoms with Gasteiger partial charge in [0.05, 0.1) is 0 Å². The van der Waals surface area contributed by atoms with Gasteiger partial charge in [-0.3, -0.25) is 4.79 Å².